The maximum atomic E-state index is 11.4. The zero-order valence-electron chi connectivity index (χ0n) is 8.57. The summed E-state index contributed by atoms with van der Waals surface area (Å²) in [5, 5.41) is 9.42. The van der Waals surface area contributed by atoms with Gasteiger partial charge in [0.2, 0.25) is 0 Å². The second-order valence-corrected chi connectivity index (χ2v) is 3.46. The van der Waals surface area contributed by atoms with Gasteiger partial charge in [0.1, 0.15) is 0 Å². The maximum absolute atomic E-state index is 11.4. The summed E-state index contributed by atoms with van der Waals surface area (Å²) in [4.78, 5) is 26.1. The second-order valence-electron chi connectivity index (χ2n) is 2.90. The quantitative estimate of drug-likeness (QED) is 0.676. The Labute approximate surface area is 101 Å². The molecule has 0 radical (unpaired) electrons. The lowest BCUT2D eigenvalue weighted by atomic mass is 10.1. The molecule has 0 aliphatic carbocycles. The molecular formula is C10H10BrNO4. The molecule has 1 heterocycles. The highest BCUT2D eigenvalue weighted by atomic mass is 79.9. The fourth-order valence-corrected chi connectivity index (χ4v) is 1.41. The Kier molecular flexibility index (Phi) is 4.42. The van der Waals surface area contributed by atoms with Crippen molar-refractivity contribution in [2.75, 3.05) is 6.61 Å². The number of alkyl halides is 1. The minimum atomic E-state index is -1.20. The smallest absolute Gasteiger partial charge is 0.357 e. The van der Waals surface area contributed by atoms with Gasteiger partial charge in [0.15, 0.2) is 5.69 Å². The third kappa shape index (κ3) is 2.79. The van der Waals surface area contributed by atoms with Crippen LogP contribution in [0.15, 0.2) is 12.3 Å². The van der Waals surface area contributed by atoms with Crippen LogP contribution in [-0.2, 0) is 10.1 Å². The van der Waals surface area contributed by atoms with Crippen molar-refractivity contribution in [1.82, 2.24) is 4.98 Å². The van der Waals surface area contributed by atoms with E-state index in [1.54, 1.807) is 6.92 Å². The number of aromatic carboxylic acids is 1. The van der Waals surface area contributed by atoms with Crippen LogP contribution in [0.4, 0.5) is 0 Å². The van der Waals surface area contributed by atoms with Crippen LogP contribution >= 0.6 is 15.9 Å². The highest BCUT2D eigenvalue weighted by Crippen LogP contribution is 2.12. The minimum absolute atomic E-state index is 0.143. The number of pyridine rings is 1. The molecule has 5 nitrogen and oxygen atoms in total. The van der Waals surface area contributed by atoms with Crippen molar-refractivity contribution in [2.45, 2.75) is 12.3 Å². The maximum Gasteiger partial charge on any atom is 0.357 e. The molecule has 0 fully saturated rings. The summed E-state index contributed by atoms with van der Waals surface area (Å²) in [6.07, 6.45) is 1.44. The van der Waals surface area contributed by atoms with Crippen molar-refractivity contribution in [2.24, 2.45) is 0 Å². The first-order chi connectivity index (χ1) is 7.60. The van der Waals surface area contributed by atoms with Gasteiger partial charge in [-0.1, -0.05) is 15.9 Å². The number of hydrogen-bond donors (Lipinski definition) is 1. The van der Waals surface area contributed by atoms with Crippen molar-refractivity contribution < 1.29 is 19.4 Å². The molecule has 0 aliphatic rings. The number of carboxylic acid groups (broad SMARTS) is 1. The fourth-order valence-electron chi connectivity index (χ4n) is 1.11. The van der Waals surface area contributed by atoms with Crippen LogP contribution in [-0.4, -0.2) is 28.6 Å². The third-order valence-electron chi connectivity index (χ3n) is 1.80. The Morgan fingerprint density at radius 1 is 1.56 bits per heavy atom. The number of rotatable bonds is 4. The molecule has 0 spiro atoms. The lowest BCUT2D eigenvalue weighted by Gasteiger charge is -2.05. The number of carbonyl (C=O) groups is 2. The van der Waals surface area contributed by atoms with E-state index in [1.807, 2.05) is 0 Å². The molecule has 0 saturated carbocycles. The van der Waals surface area contributed by atoms with Crippen LogP contribution < -0.4 is 0 Å². The van der Waals surface area contributed by atoms with Gasteiger partial charge in [0, 0.05) is 11.5 Å². The Morgan fingerprint density at radius 3 is 2.75 bits per heavy atom. The molecule has 0 amide bonds. The lowest BCUT2D eigenvalue weighted by Crippen LogP contribution is -2.14. The van der Waals surface area contributed by atoms with Crippen molar-refractivity contribution in [3.8, 4) is 0 Å². The summed E-state index contributed by atoms with van der Waals surface area (Å²) in [6, 6.07) is 1.40. The normalized spacial score (nSPS) is 9.88. The van der Waals surface area contributed by atoms with Gasteiger partial charge in [-0.15, -0.1) is 0 Å². The number of carbonyl (C=O) groups excluding carboxylic acids is 1. The van der Waals surface area contributed by atoms with E-state index in [2.05, 4.69) is 20.9 Å². The van der Waals surface area contributed by atoms with Crippen LogP contribution in [0.25, 0.3) is 0 Å². The van der Waals surface area contributed by atoms with E-state index in [1.165, 1.54) is 12.3 Å². The molecule has 1 rings (SSSR count). The summed E-state index contributed by atoms with van der Waals surface area (Å²) in [6.45, 7) is 1.82. The van der Waals surface area contributed by atoms with E-state index < -0.39 is 11.9 Å². The predicted molar refractivity (Wildman–Crippen MR) is 59.8 cm³/mol. The van der Waals surface area contributed by atoms with Gasteiger partial charge in [-0.2, -0.15) is 0 Å². The molecule has 0 saturated heterocycles. The van der Waals surface area contributed by atoms with E-state index in [0.717, 1.165) is 0 Å². The first-order valence-electron chi connectivity index (χ1n) is 4.55. The van der Waals surface area contributed by atoms with Crippen LogP contribution in [0.5, 0.6) is 0 Å². The zero-order valence-corrected chi connectivity index (χ0v) is 10.2. The summed E-state index contributed by atoms with van der Waals surface area (Å²) in [7, 11) is 0. The van der Waals surface area contributed by atoms with Gasteiger partial charge in [-0.3, -0.25) is 0 Å². The third-order valence-corrected chi connectivity index (χ3v) is 2.45. The molecule has 86 valence electrons. The van der Waals surface area contributed by atoms with E-state index in [9.17, 15) is 9.59 Å². The van der Waals surface area contributed by atoms with Crippen LogP contribution in [0, 0.1) is 0 Å². The van der Waals surface area contributed by atoms with Gasteiger partial charge < -0.3 is 9.84 Å². The monoisotopic (exact) mass is 287 g/mol. The molecule has 1 N–H and O–H groups in total. The number of nitrogens with zero attached hydrogens (tertiary/aromatic N) is 1. The van der Waals surface area contributed by atoms with Crippen molar-refractivity contribution in [3.63, 3.8) is 0 Å². The summed E-state index contributed by atoms with van der Waals surface area (Å²) in [5.41, 5.74) is 0.375. The van der Waals surface area contributed by atoms with Crippen LogP contribution in [0.3, 0.4) is 0 Å². The number of halogens is 1. The molecule has 16 heavy (non-hydrogen) atoms. The Hall–Kier alpha value is -1.43. The molecule has 6 heteroatoms. The standard InChI is InChI=1S/C10H10BrNO4/c1-2-16-10(15)8-7(9(13)14)3-6(4-11)5-12-8/h3,5H,2,4H2,1H3,(H,13,14). The molecule has 0 bridgehead atoms. The molecule has 1 aromatic heterocycles. The van der Waals surface area contributed by atoms with Crippen LogP contribution in [0.1, 0.15) is 33.3 Å². The SMILES string of the molecule is CCOC(=O)c1ncc(CBr)cc1C(=O)O. The lowest BCUT2D eigenvalue weighted by molar-refractivity contribution is 0.0507. The van der Waals surface area contributed by atoms with E-state index in [-0.39, 0.29) is 17.9 Å². The van der Waals surface area contributed by atoms with Crippen molar-refractivity contribution in [3.05, 3.63) is 29.1 Å². The van der Waals surface area contributed by atoms with Crippen molar-refractivity contribution in [1.29, 1.82) is 0 Å². The molecule has 0 aliphatic heterocycles. The molecule has 0 atom stereocenters. The van der Waals surface area contributed by atoms with E-state index in [0.29, 0.717) is 10.9 Å². The van der Waals surface area contributed by atoms with Crippen LogP contribution in [0.2, 0.25) is 0 Å². The highest BCUT2D eigenvalue weighted by Gasteiger charge is 2.19. The Bertz CT molecular complexity index is 419. The van der Waals surface area contributed by atoms with Gasteiger partial charge >= 0.3 is 11.9 Å². The van der Waals surface area contributed by atoms with Gasteiger partial charge in [-0.05, 0) is 18.6 Å². The van der Waals surface area contributed by atoms with Gasteiger partial charge in [-0.25, -0.2) is 14.6 Å². The predicted octanol–water partition coefficient (Wildman–Crippen LogP) is 1.85. The highest BCUT2D eigenvalue weighted by molar-refractivity contribution is 9.08. The van der Waals surface area contributed by atoms with E-state index >= 15 is 0 Å². The molecule has 1 aromatic rings. The topological polar surface area (TPSA) is 76.5 Å². The average Bonchev–Trinajstić information content (AvgIpc) is 2.28. The first-order valence-corrected chi connectivity index (χ1v) is 5.67. The Balaban J connectivity index is 3.17. The van der Waals surface area contributed by atoms with Crippen molar-refractivity contribution >= 4 is 27.9 Å². The number of aromatic nitrogens is 1. The zero-order chi connectivity index (χ0) is 12.1. The van der Waals surface area contributed by atoms with Gasteiger partial charge in [0.05, 0.1) is 12.2 Å². The summed E-state index contributed by atoms with van der Waals surface area (Å²) < 4.78 is 4.72. The van der Waals surface area contributed by atoms with E-state index in [4.69, 9.17) is 9.84 Å². The summed E-state index contributed by atoms with van der Waals surface area (Å²) in [5.74, 6) is -1.92. The van der Waals surface area contributed by atoms with Gasteiger partial charge in [0.25, 0.3) is 0 Å². The average molecular weight is 288 g/mol. The largest absolute Gasteiger partial charge is 0.478 e. The summed E-state index contributed by atoms with van der Waals surface area (Å²) >= 11 is 3.18. The molecular weight excluding hydrogens is 278 g/mol. The number of carboxylic acids is 1. The fraction of sp³-hybridized carbons (Fsp3) is 0.300. The second kappa shape index (κ2) is 5.60. The number of hydrogen-bond acceptors (Lipinski definition) is 4. The molecule has 0 unspecified atom stereocenters. The number of esters is 1. The minimum Gasteiger partial charge on any atom is -0.478 e. The molecule has 0 aromatic carbocycles. The first kappa shape index (κ1) is 12.6. The Morgan fingerprint density at radius 2 is 2.25 bits per heavy atom. The number of ether oxygens (including phenoxy) is 1.